The zero-order chi connectivity index (χ0) is 30.3. The van der Waals surface area contributed by atoms with Gasteiger partial charge in [0.05, 0.1) is 23.4 Å². The molecule has 11 heteroatoms. The lowest BCUT2D eigenvalue weighted by molar-refractivity contribution is 0.0955. The van der Waals surface area contributed by atoms with Gasteiger partial charge >= 0.3 is 0 Å². The first-order valence-electron chi connectivity index (χ1n) is 12.9. The van der Waals surface area contributed by atoms with Crippen LogP contribution in [0.5, 0.6) is 11.5 Å². The van der Waals surface area contributed by atoms with E-state index in [1.54, 1.807) is 72.8 Å². The number of amides is 1. The maximum atomic E-state index is 13.0. The van der Waals surface area contributed by atoms with E-state index >= 15 is 0 Å². The summed E-state index contributed by atoms with van der Waals surface area (Å²) in [4.78, 5) is 12.8. The van der Waals surface area contributed by atoms with Gasteiger partial charge in [-0.25, -0.2) is 13.8 Å². The lowest BCUT2D eigenvalue weighted by atomic mass is 10.2. The minimum atomic E-state index is -3.74. The molecule has 42 heavy (non-hydrogen) atoms. The van der Waals surface area contributed by atoms with Gasteiger partial charge in [-0.2, -0.15) is 5.10 Å². The quantitative estimate of drug-likeness (QED) is 0.145. The third-order valence-corrected chi connectivity index (χ3v) is 8.60. The van der Waals surface area contributed by atoms with E-state index in [1.807, 2.05) is 13.8 Å². The van der Waals surface area contributed by atoms with E-state index in [4.69, 9.17) is 32.7 Å². The van der Waals surface area contributed by atoms with Crippen LogP contribution >= 0.6 is 23.2 Å². The number of sulfonamides is 1. The summed E-state index contributed by atoms with van der Waals surface area (Å²) in [6, 6.07) is 23.3. The summed E-state index contributed by atoms with van der Waals surface area (Å²) < 4.78 is 38.7. The number of carbonyl (C=O) groups excluding carboxylic acids is 1. The van der Waals surface area contributed by atoms with Crippen LogP contribution in [0.2, 0.25) is 10.0 Å². The normalized spacial score (nSPS) is 11.4. The number of hydrazone groups is 1. The molecule has 1 amide bonds. The molecule has 0 radical (unpaired) electrons. The third kappa shape index (κ3) is 7.61. The number of hydrogen-bond donors (Lipinski definition) is 1. The van der Waals surface area contributed by atoms with E-state index in [2.05, 4.69) is 10.5 Å². The predicted molar refractivity (Wildman–Crippen MR) is 167 cm³/mol. The van der Waals surface area contributed by atoms with E-state index in [9.17, 15) is 13.2 Å². The van der Waals surface area contributed by atoms with Crippen LogP contribution in [0.4, 0.5) is 5.69 Å². The average Bonchev–Trinajstić information content (AvgIpc) is 2.97. The minimum absolute atomic E-state index is 0.185. The Balaban J connectivity index is 1.38. The summed E-state index contributed by atoms with van der Waals surface area (Å²) in [6.45, 7) is 4.40. The number of aryl methyl sites for hydroxylation is 1. The molecule has 0 heterocycles. The molecule has 0 spiro atoms. The highest BCUT2D eigenvalue weighted by atomic mass is 35.5. The molecule has 4 aromatic carbocycles. The number of rotatable bonds is 11. The molecule has 0 aromatic heterocycles. The van der Waals surface area contributed by atoms with E-state index in [0.717, 1.165) is 11.1 Å². The summed E-state index contributed by atoms with van der Waals surface area (Å²) in [5, 5.41) is 5.10. The Labute approximate surface area is 255 Å². The van der Waals surface area contributed by atoms with Crippen LogP contribution in [0, 0.1) is 6.92 Å². The van der Waals surface area contributed by atoms with E-state index in [0.29, 0.717) is 45.0 Å². The molecule has 218 valence electrons. The Kier molecular flexibility index (Phi) is 10.1. The lowest BCUT2D eigenvalue weighted by Crippen LogP contribution is -2.26. The summed E-state index contributed by atoms with van der Waals surface area (Å²) in [6.07, 6.45) is 1.48. The molecule has 0 aliphatic rings. The highest BCUT2D eigenvalue weighted by molar-refractivity contribution is 7.92. The number of anilines is 1. The first kappa shape index (κ1) is 30.9. The fourth-order valence-corrected chi connectivity index (χ4v) is 5.51. The second-order valence-electron chi connectivity index (χ2n) is 9.20. The molecule has 0 saturated heterocycles. The van der Waals surface area contributed by atoms with Gasteiger partial charge in [-0.05, 0) is 86.1 Å². The number of ether oxygens (including phenoxy) is 2. The fraction of sp³-hybridized carbons (Fsp3) is 0.161. The van der Waals surface area contributed by atoms with Crippen molar-refractivity contribution in [1.82, 2.24) is 5.43 Å². The minimum Gasteiger partial charge on any atom is -0.490 e. The van der Waals surface area contributed by atoms with Gasteiger partial charge in [0.25, 0.3) is 15.9 Å². The summed E-state index contributed by atoms with van der Waals surface area (Å²) in [7, 11) is -2.27. The second kappa shape index (κ2) is 13.7. The third-order valence-electron chi connectivity index (χ3n) is 6.22. The molecule has 0 fully saturated rings. The van der Waals surface area contributed by atoms with Gasteiger partial charge in [0.1, 0.15) is 6.61 Å². The van der Waals surface area contributed by atoms with Crippen molar-refractivity contribution in [2.75, 3.05) is 18.0 Å². The van der Waals surface area contributed by atoms with Gasteiger partial charge in [-0.15, -0.1) is 0 Å². The molecule has 0 atom stereocenters. The number of halogens is 2. The molecule has 0 saturated carbocycles. The van der Waals surface area contributed by atoms with Crippen LogP contribution in [0.15, 0.2) is 94.9 Å². The molecule has 0 aliphatic carbocycles. The topological polar surface area (TPSA) is 97.3 Å². The first-order valence-corrected chi connectivity index (χ1v) is 15.1. The SMILES string of the molecule is CCOc1cc(/C=N\NC(=O)c2ccc(N(C)S(=O)(=O)c3ccc(C)cc3)cc2)ccc1OCc1ccc(Cl)cc1Cl. The second-order valence-corrected chi connectivity index (χ2v) is 12.0. The van der Waals surface area contributed by atoms with E-state index < -0.39 is 15.9 Å². The molecular weight excluding hydrogens is 597 g/mol. The smallest absolute Gasteiger partial charge is 0.271 e. The average molecular weight is 627 g/mol. The van der Waals surface area contributed by atoms with E-state index in [-0.39, 0.29) is 11.5 Å². The van der Waals surface area contributed by atoms with Crippen molar-refractivity contribution in [2.24, 2.45) is 5.10 Å². The number of hydrogen-bond acceptors (Lipinski definition) is 6. The van der Waals surface area contributed by atoms with Gasteiger partial charge in [0.15, 0.2) is 11.5 Å². The number of nitrogens with one attached hydrogen (secondary N) is 1. The molecule has 0 bridgehead atoms. The molecule has 0 unspecified atom stereocenters. The van der Waals surface area contributed by atoms with E-state index in [1.165, 1.54) is 29.7 Å². The zero-order valence-electron chi connectivity index (χ0n) is 23.2. The Morgan fingerprint density at radius 1 is 0.929 bits per heavy atom. The summed E-state index contributed by atoms with van der Waals surface area (Å²) >= 11 is 12.2. The van der Waals surface area contributed by atoms with Crippen molar-refractivity contribution < 1.29 is 22.7 Å². The largest absolute Gasteiger partial charge is 0.490 e. The monoisotopic (exact) mass is 625 g/mol. The van der Waals surface area contributed by atoms with Crippen LogP contribution in [0.3, 0.4) is 0 Å². The Hall–Kier alpha value is -4.05. The maximum absolute atomic E-state index is 13.0. The van der Waals surface area contributed by atoms with Crippen LogP contribution in [0.25, 0.3) is 0 Å². The predicted octanol–water partition coefficient (Wildman–Crippen LogP) is 6.87. The van der Waals surface area contributed by atoms with Crippen molar-refractivity contribution in [3.8, 4) is 11.5 Å². The first-order chi connectivity index (χ1) is 20.1. The zero-order valence-corrected chi connectivity index (χ0v) is 25.5. The highest BCUT2D eigenvalue weighted by Gasteiger charge is 2.21. The van der Waals surface area contributed by atoms with Gasteiger partial charge in [-0.3, -0.25) is 9.10 Å². The van der Waals surface area contributed by atoms with Crippen molar-refractivity contribution in [3.05, 3.63) is 117 Å². The van der Waals surface area contributed by atoms with Gasteiger partial charge in [0, 0.05) is 28.2 Å². The fourth-order valence-electron chi connectivity index (χ4n) is 3.85. The van der Waals surface area contributed by atoms with Crippen LogP contribution in [-0.2, 0) is 16.6 Å². The molecule has 4 rings (SSSR count). The standard InChI is InChI=1S/C31H29Cl2N3O5S/c1-4-40-30-17-22(7-16-29(30)41-20-24-8-11-25(32)18-28(24)33)19-34-35-31(37)23-9-12-26(13-10-23)36(3)42(38,39)27-14-5-21(2)6-15-27/h5-19H,4,20H2,1-3H3,(H,35,37)/b34-19-. The van der Waals surface area contributed by atoms with Gasteiger partial charge in [-0.1, -0.05) is 47.0 Å². The van der Waals surface area contributed by atoms with Crippen molar-refractivity contribution in [2.45, 2.75) is 25.3 Å². The molecule has 0 aliphatic heterocycles. The lowest BCUT2D eigenvalue weighted by Gasteiger charge is -2.19. The molecule has 1 N–H and O–H groups in total. The van der Waals surface area contributed by atoms with Crippen molar-refractivity contribution in [3.63, 3.8) is 0 Å². The van der Waals surface area contributed by atoms with Gasteiger partial charge < -0.3 is 9.47 Å². The molecular formula is C31H29Cl2N3O5S. The molecule has 4 aromatic rings. The Morgan fingerprint density at radius 2 is 1.64 bits per heavy atom. The summed E-state index contributed by atoms with van der Waals surface area (Å²) in [5.41, 5.74) is 5.64. The molecule has 8 nitrogen and oxygen atoms in total. The van der Waals surface area contributed by atoms with Gasteiger partial charge in [0.2, 0.25) is 0 Å². The van der Waals surface area contributed by atoms with Crippen LogP contribution in [-0.4, -0.2) is 34.2 Å². The van der Waals surface area contributed by atoms with Crippen LogP contribution < -0.4 is 19.2 Å². The number of nitrogens with zero attached hydrogens (tertiary/aromatic N) is 2. The Bertz CT molecular complexity index is 1690. The van der Waals surface area contributed by atoms with Crippen molar-refractivity contribution >= 4 is 51.0 Å². The number of benzene rings is 4. The highest BCUT2D eigenvalue weighted by Crippen LogP contribution is 2.30. The van der Waals surface area contributed by atoms with Crippen molar-refractivity contribution in [1.29, 1.82) is 0 Å². The Morgan fingerprint density at radius 3 is 2.31 bits per heavy atom. The summed E-state index contributed by atoms with van der Waals surface area (Å²) in [5.74, 6) is 0.586. The number of carbonyl (C=O) groups is 1. The van der Waals surface area contributed by atoms with Crippen LogP contribution in [0.1, 0.15) is 34.0 Å². The maximum Gasteiger partial charge on any atom is 0.271 e.